The minimum absolute atomic E-state index is 0.508. The molecule has 0 aliphatic rings. The number of thioether (sulfide) groups is 1. The van der Waals surface area contributed by atoms with Crippen LogP contribution in [0.3, 0.4) is 0 Å². The minimum atomic E-state index is 0.508. The summed E-state index contributed by atoms with van der Waals surface area (Å²) in [5.74, 6) is 1.63. The smallest absolute Gasteiger partial charge is 0.129 e. The number of pyridine rings is 1. The molecule has 0 atom stereocenters. The number of halogens is 1. The Morgan fingerprint density at radius 3 is 2.89 bits per heavy atom. The summed E-state index contributed by atoms with van der Waals surface area (Å²) in [5, 5.41) is 0.508. The molecule has 5 heteroatoms. The fourth-order valence-corrected chi connectivity index (χ4v) is 2.72. The van der Waals surface area contributed by atoms with E-state index < -0.39 is 0 Å². The highest BCUT2D eigenvalue weighted by atomic mass is 35.5. The lowest BCUT2D eigenvalue weighted by Crippen LogP contribution is -1.94. The molecule has 1 aromatic carbocycles. The van der Waals surface area contributed by atoms with Gasteiger partial charge in [0.2, 0.25) is 0 Å². The lowest BCUT2D eigenvalue weighted by molar-refractivity contribution is 0.339. The number of nitrogen functional groups attached to an aromatic ring is 1. The first kappa shape index (κ1) is 14.0. The van der Waals surface area contributed by atoms with Gasteiger partial charge in [0.05, 0.1) is 6.61 Å². The van der Waals surface area contributed by atoms with E-state index in [1.54, 1.807) is 18.0 Å². The first-order valence-corrected chi connectivity index (χ1v) is 7.31. The van der Waals surface area contributed by atoms with Crippen molar-refractivity contribution in [3.05, 3.63) is 47.2 Å². The number of aromatic nitrogens is 1. The summed E-state index contributed by atoms with van der Waals surface area (Å²) in [7, 11) is 0. The van der Waals surface area contributed by atoms with Gasteiger partial charge in [-0.1, -0.05) is 11.6 Å². The number of anilines is 1. The molecular formula is C14H15ClN2OS. The van der Waals surface area contributed by atoms with Crippen LogP contribution in [-0.4, -0.2) is 11.6 Å². The van der Waals surface area contributed by atoms with Crippen LogP contribution in [0.5, 0.6) is 5.75 Å². The molecule has 0 aliphatic carbocycles. The topological polar surface area (TPSA) is 48.1 Å². The van der Waals surface area contributed by atoms with Crippen LogP contribution < -0.4 is 10.5 Å². The zero-order valence-electron chi connectivity index (χ0n) is 10.6. The molecule has 0 fully saturated rings. The van der Waals surface area contributed by atoms with Gasteiger partial charge < -0.3 is 10.5 Å². The number of hydrogen-bond donors (Lipinski definition) is 1. The van der Waals surface area contributed by atoms with Gasteiger partial charge in [0, 0.05) is 22.5 Å². The van der Waals surface area contributed by atoms with E-state index in [1.165, 1.54) is 0 Å². The largest absolute Gasteiger partial charge is 0.494 e. The molecule has 0 saturated carbocycles. The quantitative estimate of drug-likeness (QED) is 0.514. The first-order chi connectivity index (χ1) is 9.19. The van der Waals surface area contributed by atoms with E-state index in [-0.39, 0.29) is 0 Å². The fourth-order valence-electron chi connectivity index (χ4n) is 1.59. The molecule has 19 heavy (non-hydrogen) atoms. The molecule has 0 unspecified atom stereocenters. The number of nitrogens with two attached hydrogens (primary N) is 1. The normalized spacial score (nSPS) is 10.4. The Morgan fingerprint density at radius 1 is 1.32 bits per heavy atom. The second kappa shape index (κ2) is 6.68. The number of ether oxygens (including phenoxy) is 1. The van der Waals surface area contributed by atoms with Crippen molar-refractivity contribution in [2.75, 3.05) is 12.3 Å². The van der Waals surface area contributed by atoms with Gasteiger partial charge in [-0.2, -0.15) is 0 Å². The molecule has 1 heterocycles. The van der Waals surface area contributed by atoms with Gasteiger partial charge in [0.15, 0.2) is 0 Å². The Bertz CT molecular complexity index is 563. The van der Waals surface area contributed by atoms with E-state index in [4.69, 9.17) is 22.1 Å². The number of benzene rings is 1. The van der Waals surface area contributed by atoms with Gasteiger partial charge in [-0.25, -0.2) is 4.98 Å². The van der Waals surface area contributed by atoms with E-state index in [1.807, 2.05) is 37.3 Å². The van der Waals surface area contributed by atoms with Crippen molar-refractivity contribution in [3.8, 4) is 5.75 Å². The second-order valence-corrected chi connectivity index (χ2v) is 5.31. The van der Waals surface area contributed by atoms with Crippen molar-refractivity contribution < 1.29 is 4.74 Å². The summed E-state index contributed by atoms with van der Waals surface area (Å²) < 4.78 is 5.47. The van der Waals surface area contributed by atoms with E-state index in [9.17, 15) is 0 Å². The Morgan fingerprint density at radius 2 is 2.16 bits per heavy atom. The molecule has 0 bridgehead atoms. The SMILES string of the molecule is CCOc1ccc(N)c(SCc2ccnc(Cl)c2)c1. The molecule has 0 spiro atoms. The van der Waals surface area contributed by atoms with Crippen LogP contribution in [0.2, 0.25) is 5.15 Å². The van der Waals surface area contributed by atoms with Gasteiger partial charge in [-0.15, -0.1) is 11.8 Å². The van der Waals surface area contributed by atoms with Crippen LogP contribution in [0.25, 0.3) is 0 Å². The highest BCUT2D eigenvalue weighted by Gasteiger charge is 2.04. The standard InChI is InChI=1S/C14H15ClN2OS/c1-2-18-11-3-4-12(16)13(8-11)19-9-10-5-6-17-14(15)7-10/h3-8H,2,9,16H2,1H3. The molecule has 2 N–H and O–H groups in total. The minimum Gasteiger partial charge on any atom is -0.494 e. The van der Waals surface area contributed by atoms with E-state index in [0.717, 1.165) is 27.6 Å². The maximum absolute atomic E-state index is 5.96. The highest BCUT2D eigenvalue weighted by molar-refractivity contribution is 7.98. The van der Waals surface area contributed by atoms with Gasteiger partial charge in [-0.3, -0.25) is 0 Å². The van der Waals surface area contributed by atoms with Crippen LogP contribution in [0.4, 0.5) is 5.69 Å². The van der Waals surface area contributed by atoms with Gasteiger partial charge in [0.25, 0.3) is 0 Å². The fraction of sp³-hybridized carbons (Fsp3) is 0.214. The Hall–Kier alpha value is -1.39. The third kappa shape index (κ3) is 4.04. The van der Waals surface area contributed by atoms with Crippen molar-refractivity contribution in [2.24, 2.45) is 0 Å². The zero-order chi connectivity index (χ0) is 13.7. The first-order valence-electron chi connectivity index (χ1n) is 5.94. The molecule has 0 aliphatic heterocycles. The predicted octanol–water partition coefficient (Wildman–Crippen LogP) is 4.01. The molecule has 2 aromatic rings. The van der Waals surface area contributed by atoms with Crippen molar-refractivity contribution in [2.45, 2.75) is 17.6 Å². The summed E-state index contributed by atoms with van der Waals surface area (Å²) in [6, 6.07) is 9.52. The van der Waals surface area contributed by atoms with E-state index in [0.29, 0.717) is 11.8 Å². The zero-order valence-corrected chi connectivity index (χ0v) is 12.2. The molecule has 1 aromatic heterocycles. The molecule has 3 nitrogen and oxygen atoms in total. The summed E-state index contributed by atoms with van der Waals surface area (Å²) in [6.07, 6.45) is 1.71. The summed E-state index contributed by atoms with van der Waals surface area (Å²) in [4.78, 5) is 4.98. The maximum Gasteiger partial charge on any atom is 0.129 e. The van der Waals surface area contributed by atoms with Crippen molar-refractivity contribution in [1.82, 2.24) is 4.98 Å². The third-order valence-corrected chi connectivity index (χ3v) is 3.83. The summed E-state index contributed by atoms with van der Waals surface area (Å²) in [6.45, 7) is 2.61. The lowest BCUT2D eigenvalue weighted by Gasteiger charge is -2.09. The maximum atomic E-state index is 5.96. The molecular weight excluding hydrogens is 280 g/mol. The highest BCUT2D eigenvalue weighted by Crippen LogP contribution is 2.31. The second-order valence-electron chi connectivity index (χ2n) is 3.91. The molecule has 0 amide bonds. The van der Waals surface area contributed by atoms with Crippen LogP contribution in [0.1, 0.15) is 12.5 Å². The number of nitrogens with zero attached hydrogens (tertiary/aromatic N) is 1. The van der Waals surface area contributed by atoms with Crippen LogP contribution in [0, 0.1) is 0 Å². The van der Waals surface area contributed by atoms with Crippen molar-refractivity contribution in [1.29, 1.82) is 0 Å². The Balaban J connectivity index is 2.08. The van der Waals surface area contributed by atoms with Crippen LogP contribution in [0.15, 0.2) is 41.4 Å². The summed E-state index contributed by atoms with van der Waals surface area (Å²) in [5.41, 5.74) is 7.84. The Labute approximate surface area is 122 Å². The van der Waals surface area contributed by atoms with Crippen molar-refractivity contribution in [3.63, 3.8) is 0 Å². The number of hydrogen-bond acceptors (Lipinski definition) is 4. The summed E-state index contributed by atoms with van der Waals surface area (Å²) >= 11 is 7.52. The van der Waals surface area contributed by atoms with E-state index >= 15 is 0 Å². The van der Waals surface area contributed by atoms with Gasteiger partial charge in [-0.05, 0) is 42.8 Å². The Kier molecular flexibility index (Phi) is 4.93. The molecule has 0 radical (unpaired) electrons. The average Bonchev–Trinajstić information content (AvgIpc) is 2.40. The average molecular weight is 295 g/mol. The lowest BCUT2D eigenvalue weighted by atomic mass is 10.3. The molecule has 2 rings (SSSR count). The third-order valence-electron chi connectivity index (χ3n) is 2.48. The van der Waals surface area contributed by atoms with E-state index in [2.05, 4.69) is 4.98 Å². The van der Waals surface area contributed by atoms with Gasteiger partial charge >= 0.3 is 0 Å². The number of rotatable bonds is 5. The molecule has 0 saturated heterocycles. The predicted molar refractivity (Wildman–Crippen MR) is 80.8 cm³/mol. The molecule has 100 valence electrons. The van der Waals surface area contributed by atoms with Crippen molar-refractivity contribution >= 4 is 29.1 Å². The monoisotopic (exact) mass is 294 g/mol. The van der Waals surface area contributed by atoms with Crippen LogP contribution >= 0.6 is 23.4 Å². The van der Waals surface area contributed by atoms with Crippen LogP contribution in [-0.2, 0) is 5.75 Å². The van der Waals surface area contributed by atoms with Gasteiger partial charge in [0.1, 0.15) is 10.9 Å².